The highest BCUT2D eigenvalue weighted by Crippen LogP contribution is 2.22. The predicted molar refractivity (Wildman–Crippen MR) is 85.0 cm³/mol. The smallest absolute Gasteiger partial charge is 0.287 e. The molecule has 0 aliphatic carbocycles. The second-order valence-corrected chi connectivity index (χ2v) is 5.20. The van der Waals surface area contributed by atoms with Crippen LogP contribution in [0.4, 0.5) is 0 Å². The average Bonchev–Trinajstić information content (AvgIpc) is 3.02. The zero-order valence-corrected chi connectivity index (χ0v) is 13.0. The number of carbonyl (C=O) groups excluding carboxylic acids is 2. The molecule has 0 bridgehead atoms. The molecule has 0 spiro atoms. The van der Waals surface area contributed by atoms with Crippen molar-refractivity contribution in [3.8, 4) is 11.3 Å². The quantitative estimate of drug-likeness (QED) is 0.804. The normalized spacial score (nSPS) is 12.0. The molecular weight excluding hydrogens is 280 g/mol. The molecule has 1 atom stereocenters. The van der Waals surface area contributed by atoms with Crippen molar-refractivity contribution >= 4 is 11.7 Å². The molecule has 1 aromatic carbocycles. The number of hydrogen-bond acceptors (Lipinski definition) is 4. The lowest BCUT2D eigenvalue weighted by atomic mass is 10.1. The van der Waals surface area contributed by atoms with Crippen LogP contribution in [0.25, 0.3) is 11.3 Å². The SMILES string of the molecule is CNC(C)CNC(=O)c1ccc(-c2ccc(C(C)=O)cc2)o1. The van der Waals surface area contributed by atoms with Crippen LogP contribution >= 0.6 is 0 Å². The molecule has 2 aromatic rings. The Labute approximate surface area is 129 Å². The Kier molecular flexibility index (Phi) is 5.12. The minimum atomic E-state index is -0.242. The summed E-state index contributed by atoms with van der Waals surface area (Å²) in [5.41, 5.74) is 1.47. The standard InChI is InChI=1S/C17H20N2O3/c1-11(18-3)10-19-17(21)16-9-8-15(22-16)14-6-4-13(5-7-14)12(2)20/h4-9,11,18H,10H2,1-3H3,(H,19,21). The lowest BCUT2D eigenvalue weighted by Gasteiger charge is -2.10. The lowest BCUT2D eigenvalue weighted by Crippen LogP contribution is -2.37. The Balaban J connectivity index is 2.07. The van der Waals surface area contributed by atoms with E-state index in [9.17, 15) is 9.59 Å². The Morgan fingerprint density at radius 1 is 1.14 bits per heavy atom. The summed E-state index contributed by atoms with van der Waals surface area (Å²) >= 11 is 0. The van der Waals surface area contributed by atoms with Gasteiger partial charge in [-0.15, -0.1) is 0 Å². The third kappa shape index (κ3) is 3.83. The Morgan fingerprint density at radius 3 is 2.41 bits per heavy atom. The molecule has 2 rings (SSSR count). The van der Waals surface area contributed by atoms with Crippen LogP contribution < -0.4 is 10.6 Å². The third-order valence-electron chi connectivity index (χ3n) is 3.47. The fraction of sp³-hybridized carbons (Fsp3) is 0.294. The Hall–Kier alpha value is -2.40. The van der Waals surface area contributed by atoms with Gasteiger partial charge >= 0.3 is 0 Å². The largest absolute Gasteiger partial charge is 0.451 e. The number of amides is 1. The molecule has 1 unspecified atom stereocenters. The van der Waals surface area contributed by atoms with Gasteiger partial charge in [-0.2, -0.15) is 0 Å². The van der Waals surface area contributed by atoms with Crippen molar-refractivity contribution < 1.29 is 14.0 Å². The third-order valence-corrected chi connectivity index (χ3v) is 3.47. The van der Waals surface area contributed by atoms with Crippen molar-refractivity contribution in [1.82, 2.24) is 10.6 Å². The average molecular weight is 300 g/mol. The summed E-state index contributed by atoms with van der Waals surface area (Å²) in [6, 6.07) is 10.7. The van der Waals surface area contributed by atoms with E-state index < -0.39 is 0 Å². The molecule has 0 radical (unpaired) electrons. The highest BCUT2D eigenvalue weighted by Gasteiger charge is 2.13. The summed E-state index contributed by atoms with van der Waals surface area (Å²) in [6.45, 7) is 4.03. The number of benzene rings is 1. The lowest BCUT2D eigenvalue weighted by molar-refractivity contribution is 0.0923. The second-order valence-electron chi connectivity index (χ2n) is 5.20. The summed E-state index contributed by atoms with van der Waals surface area (Å²) in [6.07, 6.45) is 0. The Bertz CT molecular complexity index is 659. The molecule has 0 fully saturated rings. The Morgan fingerprint density at radius 2 is 1.82 bits per heavy atom. The fourth-order valence-electron chi connectivity index (χ4n) is 1.92. The number of rotatable bonds is 6. The van der Waals surface area contributed by atoms with Crippen LogP contribution in [0.5, 0.6) is 0 Å². The highest BCUT2D eigenvalue weighted by molar-refractivity contribution is 5.94. The first-order chi connectivity index (χ1) is 10.5. The first kappa shape index (κ1) is 16.0. The summed E-state index contributed by atoms with van der Waals surface area (Å²) in [5, 5.41) is 5.84. The zero-order chi connectivity index (χ0) is 16.1. The van der Waals surface area contributed by atoms with Gasteiger partial charge in [-0.25, -0.2) is 0 Å². The van der Waals surface area contributed by atoms with Crippen molar-refractivity contribution in [2.45, 2.75) is 19.9 Å². The van der Waals surface area contributed by atoms with Crippen LogP contribution in [0, 0.1) is 0 Å². The monoisotopic (exact) mass is 300 g/mol. The van der Waals surface area contributed by atoms with Gasteiger partial charge in [0.1, 0.15) is 5.76 Å². The van der Waals surface area contributed by atoms with E-state index in [2.05, 4.69) is 10.6 Å². The molecule has 0 aliphatic rings. The van der Waals surface area contributed by atoms with Gasteiger partial charge in [0.05, 0.1) is 0 Å². The zero-order valence-electron chi connectivity index (χ0n) is 13.0. The van der Waals surface area contributed by atoms with E-state index in [4.69, 9.17) is 4.42 Å². The van der Waals surface area contributed by atoms with Crippen molar-refractivity contribution in [3.05, 3.63) is 47.7 Å². The number of Topliss-reactive ketones (excluding diaryl/α,β-unsaturated/α-hetero) is 1. The number of carbonyl (C=O) groups is 2. The second kappa shape index (κ2) is 7.04. The number of likely N-dealkylation sites (N-methyl/N-ethyl adjacent to an activating group) is 1. The number of nitrogens with one attached hydrogen (secondary N) is 2. The minimum Gasteiger partial charge on any atom is -0.451 e. The minimum absolute atomic E-state index is 0.0183. The summed E-state index contributed by atoms with van der Waals surface area (Å²) in [4.78, 5) is 23.2. The van der Waals surface area contributed by atoms with Crippen LogP contribution in [0.3, 0.4) is 0 Å². The van der Waals surface area contributed by atoms with E-state index in [1.165, 1.54) is 6.92 Å². The van der Waals surface area contributed by atoms with E-state index in [0.717, 1.165) is 5.56 Å². The first-order valence-electron chi connectivity index (χ1n) is 7.18. The maximum Gasteiger partial charge on any atom is 0.287 e. The maximum absolute atomic E-state index is 12.0. The van der Waals surface area contributed by atoms with E-state index >= 15 is 0 Å². The number of hydrogen-bond donors (Lipinski definition) is 2. The van der Waals surface area contributed by atoms with Crippen LogP contribution in [-0.4, -0.2) is 31.3 Å². The predicted octanol–water partition coefficient (Wildman–Crippen LogP) is 2.49. The van der Waals surface area contributed by atoms with Crippen molar-refractivity contribution in [2.75, 3.05) is 13.6 Å². The molecule has 1 amide bonds. The molecule has 0 aliphatic heterocycles. The highest BCUT2D eigenvalue weighted by atomic mass is 16.3. The van der Waals surface area contributed by atoms with Crippen LogP contribution in [0.15, 0.2) is 40.8 Å². The van der Waals surface area contributed by atoms with Crippen molar-refractivity contribution in [2.24, 2.45) is 0 Å². The molecule has 0 saturated heterocycles. The van der Waals surface area contributed by atoms with Crippen LogP contribution in [0.1, 0.15) is 34.8 Å². The molecule has 5 nitrogen and oxygen atoms in total. The van der Waals surface area contributed by atoms with Gasteiger partial charge in [0.25, 0.3) is 5.91 Å². The molecule has 1 heterocycles. The molecule has 5 heteroatoms. The van der Waals surface area contributed by atoms with Gasteiger partial charge in [-0.1, -0.05) is 24.3 Å². The van der Waals surface area contributed by atoms with E-state index in [-0.39, 0.29) is 23.5 Å². The van der Waals surface area contributed by atoms with Crippen molar-refractivity contribution in [3.63, 3.8) is 0 Å². The molecule has 22 heavy (non-hydrogen) atoms. The van der Waals surface area contributed by atoms with Gasteiger partial charge in [0.15, 0.2) is 11.5 Å². The molecule has 2 N–H and O–H groups in total. The van der Waals surface area contributed by atoms with Crippen LogP contribution in [-0.2, 0) is 0 Å². The molecule has 1 aromatic heterocycles. The van der Waals surface area contributed by atoms with Gasteiger partial charge in [0.2, 0.25) is 0 Å². The van der Waals surface area contributed by atoms with Crippen molar-refractivity contribution in [1.29, 1.82) is 0 Å². The van der Waals surface area contributed by atoms with Crippen LogP contribution in [0.2, 0.25) is 0 Å². The van der Waals surface area contributed by atoms with Gasteiger partial charge in [0, 0.05) is 23.7 Å². The van der Waals surface area contributed by atoms with E-state index in [1.54, 1.807) is 36.4 Å². The summed E-state index contributed by atoms with van der Waals surface area (Å²) in [5.74, 6) is 0.647. The molecular formula is C17H20N2O3. The number of furan rings is 1. The molecule has 0 saturated carbocycles. The summed E-state index contributed by atoms with van der Waals surface area (Å²) in [7, 11) is 1.84. The van der Waals surface area contributed by atoms with Gasteiger partial charge in [-0.05, 0) is 33.0 Å². The van der Waals surface area contributed by atoms with Gasteiger partial charge in [-0.3, -0.25) is 9.59 Å². The first-order valence-corrected chi connectivity index (χ1v) is 7.18. The van der Waals surface area contributed by atoms with E-state index in [1.807, 2.05) is 14.0 Å². The summed E-state index contributed by atoms with van der Waals surface area (Å²) < 4.78 is 5.58. The maximum atomic E-state index is 12.0. The number of ketones is 1. The van der Waals surface area contributed by atoms with Gasteiger partial charge < -0.3 is 15.1 Å². The topological polar surface area (TPSA) is 71.3 Å². The van der Waals surface area contributed by atoms with E-state index in [0.29, 0.717) is 17.9 Å². The fourth-order valence-corrected chi connectivity index (χ4v) is 1.92. The molecule has 116 valence electrons.